The lowest BCUT2D eigenvalue weighted by Gasteiger charge is -1.99. The minimum Gasteiger partial charge on any atom is -0.313 e. The zero-order chi connectivity index (χ0) is 8.27. The van der Waals surface area contributed by atoms with Gasteiger partial charge in [-0.15, -0.1) is 0 Å². The van der Waals surface area contributed by atoms with E-state index < -0.39 is 0 Å². The molecule has 4 nitrogen and oxygen atoms in total. The summed E-state index contributed by atoms with van der Waals surface area (Å²) in [7, 11) is 0. The van der Waals surface area contributed by atoms with Crippen LogP contribution in [0.5, 0.6) is 0 Å². The van der Waals surface area contributed by atoms with Gasteiger partial charge >= 0.3 is 0 Å². The highest BCUT2D eigenvalue weighted by molar-refractivity contribution is 5.68. The Kier molecular flexibility index (Phi) is 2.15. The summed E-state index contributed by atoms with van der Waals surface area (Å²) in [6.07, 6.45) is 0.598. The molecule has 1 aromatic heterocycles. The van der Waals surface area contributed by atoms with Crippen LogP contribution in [0.25, 0.3) is 0 Å². The first-order valence-corrected chi connectivity index (χ1v) is 3.25. The Morgan fingerprint density at radius 3 is 2.73 bits per heavy atom. The molecule has 0 unspecified atom stereocenters. The number of aryl methyl sites for hydroxylation is 2. The highest BCUT2D eigenvalue weighted by atomic mass is 16.1. The molecule has 1 rings (SSSR count). The zero-order valence-electron chi connectivity index (χ0n) is 6.46. The van der Waals surface area contributed by atoms with Crippen LogP contribution in [0, 0.1) is 13.8 Å². The number of carbonyl (C=O) groups is 1. The molecule has 0 aliphatic heterocycles. The van der Waals surface area contributed by atoms with Gasteiger partial charge in [0, 0.05) is 11.8 Å². The fraction of sp³-hybridized carbons (Fsp3) is 0.286. The van der Waals surface area contributed by atoms with Gasteiger partial charge in [-0.05, 0) is 13.8 Å². The van der Waals surface area contributed by atoms with Gasteiger partial charge in [-0.3, -0.25) is 4.79 Å². The van der Waals surface area contributed by atoms with Crippen molar-refractivity contribution < 1.29 is 4.79 Å². The normalized spacial score (nSPS) is 9.27. The lowest BCUT2D eigenvalue weighted by Crippen LogP contribution is -2.00. The molecule has 58 valence electrons. The maximum absolute atomic E-state index is 10.0. The molecule has 0 fully saturated rings. The van der Waals surface area contributed by atoms with E-state index >= 15 is 0 Å². The number of rotatable bonds is 2. The average molecular weight is 151 g/mol. The van der Waals surface area contributed by atoms with Gasteiger partial charge in [-0.1, -0.05) is 0 Å². The number of nitrogens with one attached hydrogen (secondary N) is 1. The molecular weight excluding hydrogens is 142 g/mol. The quantitative estimate of drug-likeness (QED) is 0.632. The summed E-state index contributed by atoms with van der Waals surface area (Å²) in [4.78, 5) is 18.0. The molecule has 4 heteroatoms. The number of amides is 1. The molecule has 0 atom stereocenters. The Bertz CT molecular complexity index is 252. The summed E-state index contributed by atoms with van der Waals surface area (Å²) >= 11 is 0. The third-order valence-electron chi connectivity index (χ3n) is 1.17. The molecule has 1 N–H and O–H groups in total. The molecule has 11 heavy (non-hydrogen) atoms. The van der Waals surface area contributed by atoms with Crippen LogP contribution in [0.15, 0.2) is 6.07 Å². The molecule has 0 saturated heterocycles. The first kappa shape index (κ1) is 7.65. The van der Waals surface area contributed by atoms with E-state index in [4.69, 9.17) is 0 Å². The van der Waals surface area contributed by atoms with E-state index in [2.05, 4.69) is 15.3 Å². The lowest BCUT2D eigenvalue weighted by molar-refractivity contribution is -0.105. The summed E-state index contributed by atoms with van der Waals surface area (Å²) in [6.45, 7) is 3.63. The van der Waals surface area contributed by atoms with Crippen LogP contribution in [-0.2, 0) is 4.79 Å². The highest BCUT2D eigenvalue weighted by Crippen LogP contribution is 2.03. The number of nitrogens with zero attached hydrogens (tertiary/aromatic N) is 2. The smallest absolute Gasteiger partial charge is 0.212 e. The Morgan fingerprint density at radius 1 is 1.45 bits per heavy atom. The molecule has 0 spiro atoms. The second kappa shape index (κ2) is 3.09. The monoisotopic (exact) mass is 151 g/mol. The van der Waals surface area contributed by atoms with Crippen LogP contribution in [0.2, 0.25) is 0 Å². The lowest BCUT2D eigenvalue weighted by atomic mass is 10.4. The largest absolute Gasteiger partial charge is 0.313 e. The molecular formula is C7H9N3O. The summed E-state index contributed by atoms with van der Waals surface area (Å²) in [6, 6.07) is 1.71. The van der Waals surface area contributed by atoms with Gasteiger partial charge in [0.2, 0.25) is 6.41 Å². The highest BCUT2D eigenvalue weighted by Gasteiger charge is 1.95. The summed E-state index contributed by atoms with van der Waals surface area (Å²) in [5.74, 6) is 1.21. The SMILES string of the molecule is Cc1cc(NC=O)nc(C)n1. The van der Waals surface area contributed by atoms with E-state index in [1.807, 2.05) is 6.92 Å². The Hall–Kier alpha value is -1.45. The average Bonchev–Trinajstić information content (AvgIpc) is 1.85. The van der Waals surface area contributed by atoms with Crippen LogP contribution < -0.4 is 5.32 Å². The fourth-order valence-corrected chi connectivity index (χ4v) is 0.851. The third-order valence-corrected chi connectivity index (χ3v) is 1.17. The number of hydrogen-bond acceptors (Lipinski definition) is 3. The summed E-state index contributed by atoms with van der Waals surface area (Å²) < 4.78 is 0. The van der Waals surface area contributed by atoms with Gasteiger partial charge in [0.15, 0.2) is 0 Å². The van der Waals surface area contributed by atoms with Crippen molar-refractivity contribution in [2.75, 3.05) is 5.32 Å². The van der Waals surface area contributed by atoms with Crippen LogP contribution >= 0.6 is 0 Å². The van der Waals surface area contributed by atoms with E-state index in [0.717, 1.165) is 5.69 Å². The van der Waals surface area contributed by atoms with Gasteiger partial charge < -0.3 is 5.32 Å². The second-order valence-corrected chi connectivity index (χ2v) is 2.20. The molecule has 0 aromatic carbocycles. The van der Waals surface area contributed by atoms with Crippen LogP contribution in [0.1, 0.15) is 11.5 Å². The minimum absolute atomic E-state index is 0.546. The van der Waals surface area contributed by atoms with Crippen molar-refractivity contribution in [1.82, 2.24) is 9.97 Å². The maximum Gasteiger partial charge on any atom is 0.212 e. The Balaban J connectivity index is 2.98. The van der Waals surface area contributed by atoms with E-state index in [1.165, 1.54) is 0 Å². The van der Waals surface area contributed by atoms with Gasteiger partial charge in [-0.2, -0.15) is 0 Å². The van der Waals surface area contributed by atoms with Crippen molar-refractivity contribution in [2.24, 2.45) is 0 Å². The van der Waals surface area contributed by atoms with E-state index in [9.17, 15) is 4.79 Å². The van der Waals surface area contributed by atoms with Crippen LogP contribution in [0.3, 0.4) is 0 Å². The van der Waals surface area contributed by atoms with Crippen molar-refractivity contribution in [1.29, 1.82) is 0 Å². The van der Waals surface area contributed by atoms with Gasteiger partial charge in [0.05, 0.1) is 0 Å². The predicted octanol–water partition coefficient (Wildman–Crippen LogP) is 0.662. The van der Waals surface area contributed by atoms with Crippen LogP contribution in [-0.4, -0.2) is 16.4 Å². The van der Waals surface area contributed by atoms with Crippen molar-refractivity contribution in [3.63, 3.8) is 0 Å². The summed E-state index contributed by atoms with van der Waals surface area (Å²) in [5, 5.41) is 2.46. The van der Waals surface area contributed by atoms with Crippen LogP contribution in [0.4, 0.5) is 5.82 Å². The topological polar surface area (TPSA) is 54.9 Å². The summed E-state index contributed by atoms with van der Waals surface area (Å²) in [5.41, 5.74) is 0.849. The number of aromatic nitrogens is 2. The van der Waals surface area contributed by atoms with Crippen molar-refractivity contribution in [2.45, 2.75) is 13.8 Å². The van der Waals surface area contributed by atoms with Crippen molar-refractivity contribution in [3.8, 4) is 0 Å². The van der Waals surface area contributed by atoms with E-state index in [1.54, 1.807) is 13.0 Å². The standard InChI is InChI=1S/C7H9N3O/c1-5-3-7(8-4-11)10-6(2)9-5/h3-4H,1-2H3,(H,8,9,10,11). The second-order valence-electron chi connectivity index (χ2n) is 2.20. The molecule has 0 saturated carbocycles. The molecule has 1 aromatic rings. The van der Waals surface area contributed by atoms with Gasteiger partial charge in [0.25, 0.3) is 0 Å². The van der Waals surface area contributed by atoms with E-state index in [-0.39, 0.29) is 0 Å². The van der Waals surface area contributed by atoms with Crippen molar-refractivity contribution >= 4 is 12.2 Å². The molecule has 1 heterocycles. The Morgan fingerprint density at radius 2 is 2.18 bits per heavy atom. The van der Waals surface area contributed by atoms with Gasteiger partial charge in [0.1, 0.15) is 11.6 Å². The van der Waals surface area contributed by atoms with Gasteiger partial charge in [-0.25, -0.2) is 9.97 Å². The molecule has 1 amide bonds. The molecule has 0 aliphatic rings. The molecule has 0 bridgehead atoms. The Labute approximate surface area is 64.7 Å². The zero-order valence-corrected chi connectivity index (χ0v) is 6.46. The number of hydrogen-bond donors (Lipinski definition) is 1. The molecule has 0 aliphatic carbocycles. The minimum atomic E-state index is 0.546. The third kappa shape index (κ3) is 2.00. The predicted molar refractivity (Wildman–Crippen MR) is 41.2 cm³/mol. The maximum atomic E-state index is 10.0. The first-order valence-electron chi connectivity index (χ1n) is 3.25. The fourth-order valence-electron chi connectivity index (χ4n) is 0.851. The number of carbonyl (C=O) groups excluding carboxylic acids is 1. The van der Waals surface area contributed by atoms with Crippen molar-refractivity contribution in [3.05, 3.63) is 17.6 Å². The first-order chi connectivity index (χ1) is 5.22. The molecule has 0 radical (unpaired) electrons. The number of anilines is 1. The van der Waals surface area contributed by atoms with E-state index in [0.29, 0.717) is 18.1 Å².